The van der Waals surface area contributed by atoms with Crippen LogP contribution in [0.2, 0.25) is 0 Å². The average Bonchev–Trinajstić information content (AvgIpc) is 4.10. The van der Waals surface area contributed by atoms with Crippen LogP contribution >= 0.6 is 22.7 Å². The summed E-state index contributed by atoms with van der Waals surface area (Å²) in [5.74, 6) is 0. The first kappa shape index (κ1) is 48.8. The zero-order valence-electron chi connectivity index (χ0n) is 42.5. The van der Waals surface area contributed by atoms with Crippen molar-refractivity contribution in [2.45, 2.75) is 163 Å². The molecule has 4 heteroatoms. The first-order chi connectivity index (χ1) is 33.8. The molecule has 356 valence electrons. The van der Waals surface area contributed by atoms with E-state index in [0.717, 1.165) is 70.4 Å². The molecular formula is C65H74N2S2. The van der Waals surface area contributed by atoms with Gasteiger partial charge in [0.2, 0.25) is 0 Å². The molecule has 1 aliphatic carbocycles. The number of aryl methyl sites for hydroxylation is 4. The Bertz CT molecular complexity index is 2950. The molecule has 0 unspecified atom stereocenters. The Hall–Kier alpha value is -5.16. The maximum absolute atomic E-state index is 5.76. The summed E-state index contributed by atoms with van der Waals surface area (Å²) in [5, 5.41) is 0. The Labute approximate surface area is 422 Å². The second-order valence-corrected chi connectivity index (χ2v) is 22.5. The Morgan fingerprint density at radius 1 is 0.391 bits per heavy atom. The normalized spacial score (nSPS) is 12.8. The first-order valence-electron chi connectivity index (χ1n) is 26.8. The van der Waals surface area contributed by atoms with Gasteiger partial charge in [-0.3, -0.25) is 0 Å². The van der Waals surface area contributed by atoms with Crippen LogP contribution in [0.1, 0.15) is 163 Å². The lowest BCUT2D eigenvalue weighted by atomic mass is 9.70. The standard InChI is InChI=1S/C65H74N2S2/c1-7-11-13-15-17-19-41-65(42-20-18-16-14-12-8-2)56-43-45(5)23-34-52(56)53-35-33-51(44-57(53)65)58-39-40-60(69-58)55-37-36-54(59-38-24-46(6)68-59)63-64(55)67-62(50-31-27-48(22-10-4)28-32-50)61(66-63)49-29-25-47(21-9-3)26-30-49/h23-40,43-44H,7-22,41-42H2,1-6H3. The van der Waals surface area contributed by atoms with E-state index >= 15 is 0 Å². The van der Waals surface area contributed by atoms with Crippen molar-refractivity contribution in [1.29, 1.82) is 0 Å². The van der Waals surface area contributed by atoms with Crippen molar-refractivity contribution in [3.05, 3.63) is 154 Å². The Balaban J connectivity index is 1.15. The number of benzene rings is 5. The molecule has 8 aromatic rings. The van der Waals surface area contributed by atoms with E-state index in [9.17, 15) is 0 Å². The van der Waals surface area contributed by atoms with Gasteiger partial charge in [-0.25, -0.2) is 9.97 Å². The second-order valence-electron chi connectivity index (χ2n) is 20.2. The van der Waals surface area contributed by atoms with Crippen molar-refractivity contribution in [2.75, 3.05) is 0 Å². The predicted molar refractivity (Wildman–Crippen MR) is 302 cm³/mol. The molecule has 0 amide bonds. The van der Waals surface area contributed by atoms with E-state index in [-0.39, 0.29) is 5.41 Å². The summed E-state index contributed by atoms with van der Waals surface area (Å²) in [7, 11) is 0. The van der Waals surface area contributed by atoms with Gasteiger partial charge in [0.15, 0.2) is 0 Å². The summed E-state index contributed by atoms with van der Waals surface area (Å²) in [6.07, 6.45) is 22.8. The SMILES string of the molecule is CCCCCCCCC1(CCCCCCCC)c2cc(C)ccc2-c2ccc(-c3ccc(-c4ccc(-c5ccc(C)s5)c5nc(-c6ccc(CCC)cc6)c(-c6ccc(CCC)cc6)nc45)s3)cc21. The summed E-state index contributed by atoms with van der Waals surface area (Å²) in [6, 6.07) is 46.8. The van der Waals surface area contributed by atoms with Gasteiger partial charge in [-0.2, -0.15) is 0 Å². The first-order valence-corrected chi connectivity index (χ1v) is 28.4. The van der Waals surface area contributed by atoms with Crippen LogP contribution in [0.3, 0.4) is 0 Å². The maximum Gasteiger partial charge on any atom is 0.0988 e. The zero-order valence-corrected chi connectivity index (χ0v) is 44.1. The van der Waals surface area contributed by atoms with Crippen LogP contribution in [0.4, 0.5) is 0 Å². The Morgan fingerprint density at radius 2 is 0.841 bits per heavy atom. The van der Waals surface area contributed by atoms with Crippen LogP contribution in [-0.4, -0.2) is 9.97 Å². The Morgan fingerprint density at radius 3 is 1.36 bits per heavy atom. The third-order valence-electron chi connectivity index (χ3n) is 14.9. The van der Waals surface area contributed by atoms with Crippen LogP contribution in [0.15, 0.2) is 121 Å². The molecule has 0 radical (unpaired) electrons. The number of hydrogen-bond acceptors (Lipinski definition) is 4. The molecule has 0 aliphatic heterocycles. The van der Waals surface area contributed by atoms with Gasteiger partial charge in [0, 0.05) is 47.2 Å². The molecule has 0 bridgehead atoms. The van der Waals surface area contributed by atoms with Crippen molar-refractivity contribution >= 4 is 33.7 Å². The average molecular weight is 947 g/mol. The molecule has 3 aromatic heterocycles. The fourth-order valence-electron chi connectivity index (χ4n) is 11.2. The number of rotatable bonds is 23. The molecule has 0 saturated carbocycles. The van der Waals surface area contributed by atoms with Crippen LogP contribution < -0.4 is 0 Å². The van der Waals surface area contributed by atoms with E-state index < -0.39 is 0 Å². The van der Waals surface area contributed by atoms with Crippen LogP contribution in [0, 0.1) is 13.8 Å². The third kappa shape index (κ3) is 10.6. The molecule has 0 N–H and O–H groups in total. The van der Waals surface area contributed by atoms with Crippen molar-refractivity contribution < 1.29 is 0 Å². The van der Waals surface area contributed by atoms with E-state index in [1.165, 1.54) is 143 Å². The minimum absolute atomic E-state index is 0.0449. The maximum atomic E-state index is 5.76. The van der Waals surface area contributed by atoms with Crippen LogP contribution in [0.5, 0.6) is 0 Å². The third-order valence-corrected chi connectivity index (χ3v) is 17.1. The van der Waals surface area contributed by atoms with Crippen LogP contribution in [-0.2, 0) is 18.3 Å². The lowest BCUT2D eigenvalue weighted by molar-refractivity contribution is 0.398. The fourth-order valence-corrected chi connectivity index (χ4v) is 13.2. The van der Waals surface area contributed by atoms with E-state index in [2.05, 4.69) is 163 Å². The second kappa shape index (κ2) is 22.7. The smallest absolute Gasteiger partial charge is 0.0988 e. The molecule has 0 saturated heterocycles. The molecule has 9 rings (SSSR count). The van der Waals surface area contributed by atoms with E-state index in [1.54, 1.807) is 11.1 Å². The van der Waals surface area contributed by atoms with Crippen molar-refractivity contribution in [3.63, 3.8) is 0 Å². The van der Waals surface area contributed by atoms with Crippen molar-refractivity contribution in [2.24, 2.45) is 0 Å². The predicted octanol–water partition coefficient (Wildman–Crippen LogP) is 20.4. The van der Waals surface area contributed by atoms with Gasteiger partial charge in [0.05, 0.1) is 22.4 Å². The van der Waals surface area contributed by atoms with E-state index in [1.807, 2.05) is 22.7 Å². The van der Waals surface area contributed by atoms with Gasteiger partial charge in [-0.1, -0.05) is 214 Å². The topological polar surface area (TPSA) is 25.8 Å². The van der Waals surface area contributed by atoms with Gasteiger partial charge in [-0.15, -0.1) is 22.7 Å². The fraction of sp³-hybridized carbons (Fsp3) is 0.385. The molecule has 5 aromatic carbocycles. The minimum Gasteiger partial charge on any atom is -0.243 e. The zero-order chi connectivity index (χ0) is 47.7. The number of fused-ring (bicyclic) bond motifs is 4. The molecule has 0 atom stereocenters. The number of hydrogen-bond donors (Lipinski definition) is 0. The quantitative estimate of drug-likeness (QED) is 0.0597. The largest absolute Gasteiger partial charge is 0.243 e. The van der Waals surface area contributed by atoms with Crippen molar-refractivity contribution in [1.82, 2.24) is 9.97 Å². The summed E-state index contributed by atoms with van der Waals surface area (Å²) < 4.78 is 0. The number of unbranched alkanes of at least 4 members (excludes halogenated alkanes) is 10. The Kier molecular flexibility index (Phi) is 16.1. The highest BCUT2D eigenvalue weighted by atomic mass is 32.1. The highest BCUT2D eigenvalue weighted by Crippen LogP contribution is 2.56. The lowest BCUT2D eigenvalue weighted by Crippen LogP contribution is -2.25. The molecular weight excluding hydrogens is 873 g/mol. The molecule has 69 heavy (non-hydrogen) atoms. The molecule has 3 heterocycles. The van der Waals surface area contributed by atoms with E-state index in [4.69, 9.17) is 9.97 Å². The van der Waals surface area contributed by atoms with E-state index in [0.29, 0.717) is 0 Å². The van der Waals surface area contributed by atoms with Crippen LogP contribution in [0.25, 0.3) is 76.0 Å². The van der Waals surface area contributed by atoms with Gasteiger partial charge in [0.1, 0.15) is 0 Å². The summed E-state index contributed by atoms with van der Waals surface area (Å²) in [4.78, 5) is 16.5. The molecule has 2 nitrogen and oxygen atoms in total. The van der Waals surface area contributed by atoms with Crippen molar-refractivity contribution in [3.8, 4) is 65.0 Å². The highest BCUT2D eigenvalue weighted by Gasteiger charge is 2.42. The summed E-state index contributed by atoms with van der Waals surface area (Å²) >= 11 is 3.73. The molecule has 0 fully saturated rings. The van der Waals surface area contributed by atoms with Gasteiger partial charge in [0.25, 0.3) is 0 Å². The monoisotopic (exact) mass is 947 g/mol. The summed E-state index contributed by atoms with van der Waals surface area (Å²) in [6.45, 7) is 13.6. The number of aromatic nitrogens is 2. The highest BCUT2D eigenvalue weighted by molar-refractivity contribution is 7.19. The number of nitrogens with zero attached hydrogens (tertiary/aromatic N) is 2. The van der Waals surface area contributed by atoms with Gasteiger partial charge >= 0.3 is 0 Å². The summed E-state index contributed by atoms with van der Waals surface area (Å²) in [5.41, 5.74) is 19.8. The molecule has 0 spiro atoms. The number of thiophene rings is 2. The van der Waals surface area contributed by atoms with Gasteiger partial charge < -0.3 is 0 Å². The lowest BCUT2D eigenvalue weighted by Gasteiger charge is -2.33. The molecule has 1 aliphatic rings. The van der Waals surface area contributed by atoms with Gasteiger partial charge in [-0.05, 0) is 109 Å². The minimum atomic E-state index is 0.0449.